The maximum atomic E-state index is 13.3. The Labute approximate surface area is 206 Å². The summed E-state index contributed by atoms with van der Waals surface area (Å²) in [6, 6.07) is 6.10. The third-order valence-electron chi connectivity index (χ3n) is 9.34. The predicted octanol–water partition coefficient (Wildman–Crippen LogP) is 6.52. The van der Waals surface area contributed by atoms with Gasteiger partial charge in [0.1, 0.15) is 11.6 Å². The first-order valence-corrected chi connectivity index (χ1v) is 13.6. The van der Waals surface area contributed by atoms with E-state index >= 15 is 0 Å². The molecule has 1 heterocycles. The number of benzene rings is 1. The van der Waals surface area contributed by atoms with Crippen molar-refractivity contribution >= 4 is 11.9 Å². The molecule has 5 aliphatic rings. The average Bonchev–Trinajstić information content (AvgIpc) is 3.27. The van der Waals surface area contributed by atoms with E-state index in [1.165, 1.54) is 69.9 Å². The summed E-state index contributed by atoms with van der Waals surface area (Å²) >= 11 is 0. The monoisotopic (exact) mass is 476 g/mol. The third kappa shape index (κ3) is 4.64. The fraction of sp³-hybridized carbons (Fsp3) is 0.621. The van der Waals surface area contributed by atoms with Crippen LogP contribution in [0.5, 0.6) is 5.75 Å². The Balaban J connectivity index is 1.24. The molecule has 4 bridgehead atoms. The van der Waals surface area contributed by atoms with Gasteiger partial charge in [0, 0.05) is 11.6 Å². The summed E-state index contributed by atoms with van der Waals surface area (Å²) in [6.07, 6.45) is 16.2. The SMILES string of the molecule is O=C(O)c1cccc(OC(=O)c2nc(C3CCCCC3)[nH]c2CCC23CC4CC(CC(C4)C2)C3)c1. The number of aromatic nitrogens is 2. The lowest BCUT2D eigenvalue weighted by atomic mass is 9.48. The molecule has 5 fully saturated rings. The maximum Gasteiger partial charge on any atom is 0.364 e. The van der Waals surface area contributed by atoms with E-state index < -0.39 is 11.9 Å². The molecule has 6 heteroatoms. The van der Waals surface area contributed by atoms with Crippen LogP contribution in [0.1, 0.15) is 115 Å². The summed E-state index contributed by atoms with van der Waals surface area (Å²) in [5.41, 5.74) is 1.82. The molecule has 0 atom stereocenters. The van der Waals surface area contributed by atoms with Crippen molar-refractivity contribution in [3.05, 3.63) is 47.0 Å². The number of esters is 1. The van der Waals surface area contributed by atoms with E-state index in [4.69, 9.17) is 9.72 Å². The molecule has 0 saturated heterocycles. The van der Waals surface area contributed by atoms with Gasteiger partial charge in [-0.15, -0.1) is 0 Å². The van der Waals surface area contributed by atoms with Crippen LogP contribution in [0.4, 0.5) is 0 Å². The second kappa shape index (κ2) is 9.11. The molecule has 7 rings (SSSR count). The number of H-pyrrole nitrogens is 1. The molecule has 0 spiro atoms. The Morgan fingerprint density at radius 3 is 2.37 bits per heavy atom. The molecule has 5 saturated carbocycles. The third-order valence-corrected chi connectivity index (χ3v) is 9.34. The van der Waals surface area contributed by atoms with Gasteiger partial charge in [0.25, 0.3) is 0 Å². The van der Waals surface area contributed by atoms with Crippen LogP contribution in [0.25, 0.3) is 0 Å². The largest absolute Gasteiger partial charge is 0.478 e. The number of aromatic amines is 1. The van der Waals surface area contributed by atoms with Crippen molar-refractivity contribution in [2.75, 3.05) is 0 Å². The second-order valence-electron chi connectivity index (χ2n) is 11.9. The molecule has 1 aromatic heterocycles. The van der Waals surface area contributed by atoms with Gasteiger partial charge in [0.05, 0.1) is 5.56 Å². The number of hydrogen-bond donors (Lipinski definition) is 2. The van der Waals surface area contributed by atoms with Gasteiger partial charge in [0.2, 0.25) is 0 Å². The number of hydrogen-bond acceptors (Lipinski definition) is 4. The summed E-state index contributed by atoms with van der Waals surface area (Å²) in [5, 5.41) is 9.28. The molecule has 5 aliphatic carbocycles. The highest BCUT2D eigenvalue weighted by Crippen LogP contribution is 2.61. The molecule has 0 amide bonds. The quantitative estimate of drug-likeness (QED) is 0.350. The second-order valence-corrected chi connectivity index (χ2v) is 11.9. The highest BCUT2D eigenvalue weighted by molar-refractivity contribution is 5.91. The van der Waals surface area contributed by atoms with E-state index in [0.717, 1.165) is 55.0 Å². The zero-order valence-electron chi connectivity index (χ0n) is 20.4. The van der Waals surface area contributed by atoms with Gasteiger partial charge in [-0.1, -0.05) is 25.3 Å². The van der Waals surface area contributed by atoms with Gasteiger partial charge in [0.15, 0.2) is 5.69 Å². The smallest absolute Gasteiger partial charge is 0.364 e. The average molecular weight is 477 g/mol. The van der Waals surface area contributed by atoms with Crippen molar-refractivity contribution < 1.29 is 19.4 Å². The summed E-state index contributed by atoms with van der Waals surface area (Å²) in [5.74, 6) is 2.73. The van der Waals surface area contributed by atoms with Crippen LogP contribution in [-0.2, 0) is 6.42 Å². The molecule has 0 radical (unpaired) electrons. The van der Waals surface area contributed by atoms with Crippen molar-refractivity contribution in [2.45, 2.75) is 89.4 Å². The summed E-state index contributed by atoms with van der Waals surface area (Å²) < 4.78 is 5.64. The standard InChI is InChI=1S/C29H36N2O4/c32-27(33)22-7-4-8-23(14-22)35-28(34)25-24(30-26(31-25)21-5-2-1-3-6-21)9-10-29-15-18-11-19(16-29)13-20(12-18)17-29/h4,7-8,14,18-21H,1-3,5-6,9-13,15-17H2,(H,30,31)(H,32,33). The van der Waals surface area contributed by atoms with Crippen LogP contribution in [-0.4, -0.2) is 27.0 Å². The van der Waals surface area contributed by atoms with Crippen molar-refractivity contribution in [2.24, 2.45) is 23.2 Å². The number of aryl methyl sites for hydroxylation is 1. The first-order chi connectivity index (χ1) is 17.0. The molecule has 0 unspecified atom stereocenters. The minimum Gasteiger partial charge on any atom is -0.478 e. The van der Waals surface area contributed by atoms with Gasteiger partial charge in [-0.25, -0.2) is 14.6 Å². The number of ether oxygens (including phenoxy) is 1. The Bertz CT molecular complexity index is 1080. The molecule has 2 aromatic rings. The first kappa shape index (κ1) is 22.8. The Morgan fingerprint density at radius 1 is 1.03 bits per heavy atom. The van der Waals surface area contributed by atoms with Crippen molar-refractivity contribution in [1.29, 1.82) is 0 Å². The van der Waals surface area contributed by atoms with Crippen LogP contribution in [0.2, 0.25) is 0 Å². The number of carbonyl (C=O) groups is 2. The summed E-state index contributed by atoms with van der Waals surface area (Å²) in [6.45, 7) is 0. The molecule has 186 valence electrons. The van der Waals surface area contributed by atoms with Gasteiger partial charge in [-0.05, 0) is 106 Å². The van der Waals surface area contributed by atoms with Crippen molar-refractivity contribution in [3.63, 3.8) is 0 Å². The summed E-state index contributed by atoms with van der Waals surface area (Å²) in [7, 11) is 0. The topological polar surface area (TPSA) is 92.3 Å². The minimum absolute atomic E-state index is 0.0993. The Morgan fingerprint density at radius 2 is 1.71 bits per heavy atom. The normalized spacial score (nSPS) is 29.9. The lowest BCUT2D eigenvalue weighted by Crippen LogP contribution is -2.46. The van der Waals surface area contributed by atoms with Crippen LogP contribution < -0.4 is 4.74 Å². The number of imidazole rings is 1. The van der Waals surface area contributed by atoms with Crippen LogP contribution in [0.15, 0.2) is 24.3 Å². The van der Waals surface area contributed by atoms with Crippen molar-refractivity contribution in [3.8, 4) is 5.75 Å². The number of carboxylic acids is 1. The number of nitrogens with one attached hydrogen (secondary N) is 1. The Kier molecular flexibility index (Phi) is 5.93. The lowest BCUT2D eigenvalue weighted by molar-refractivity contribution is -0.0571. The number of carboxylic acid groups (broad SMARTS) is 1. The fourth-order valence-corrected chi connectivity index (χ4v) is 8.18. The zero-order valence-corrected chi connectivity index (χ0v) is 20.4. The van der Waals surface area contributed by atoms with E-state index in [2.05, 4.69) is 4.98 Å². The van der Waals surface area contributed by atoms with E-state index in [9.17, 15) is 14.7 Å². The molecule has 35 heavy (non-hydrogen) atoms. The van der Waals surface area contributed by atoms with E-state index in [0.29, 0.717) is 17.0 Å². The molecule has 0 aliphatic heterocycles. The van der Waals surface area contributed by atoms with Crippen LogP contribution in [0, 0.1) is 23.2 Å². The fourth-order valence-electron chi connectivity index (χ4n) is 8.18. The molecule has 2 N–H and O–H groups in total. The van der Waals surface area contributed by atoms with Gasteiger partial charge < -0.3 is 14.8 Å². The summed E-state index contributed by atoms with van der Waals surface area (Å²) in [4.78, 5) is 33.0. The molecular weight excluding hydrogens is 440 g/mol. The number of aromatic carboxylic acids is 1. The molecule has 1 aromatic carbocycles. The predicted molar refractivity (Wildman–Crippen MR) is 132 cm³/mol. The maximum absolute atomic E-state index is 13.3. The van der Waals surface area contributed by atoms with Gasteiger partial charge in [-0.2, -0.15) is 0 Å². The van der Waals surface area contributed by atoms with Crippen LogP contribution >= 0.6 is 0 Å². The molecular formula is C29H36N2O4. The van der Waals surface area contributed by atoms with Gasteiger partial charge in [-0.3, -0.25) is 0 Å². The highest BCUT2D eigenvalue weighted by atomic mass is 16.5. The molecule has 6 nitrogen and oxygen atoms in total. The Hall–Kier alpha value is -2.63. The number of nitrogens with zero attached hydrogens (tertiary/aromatic N) is 1. The van der Waals surface area contributed by atoms with E-state index in [-0.39, 0.29) is 11.3 Å². The zero-order chi connectivity index (χ0) is 24.0. The first-order valence-electron chi connectivity index (χ1n) is 13.6. The number of carbonyl (C=O) groups excluding carboxylic acids is 1. The lowest BCUT2D eigenvalue weighted by Gasteiger charge is -2.57. The van der Waals surface area contributed by atoms with Crippen molar-refractivity contribution in [1.82, 2.24) is 9.97 Å². The van der Waals surface area contributed by atoms with E-state index in [1.54, 1.807) is 12.1 Å². The highest BCUT2D eigenvalue weighted by Gasteiger charge is 2.50. The number of rotatable bonds is 7. The van der Waals surface area contributed by atoms with Gasteiger partial charge >= 0.3 is 11.9 Å². The van der Waals surface area contributed by atoms with E-state index in [1.807, 2.05) is 0 Å². The van der Waals surface area contributed by atoms with Crippen LogP contribution in [0.3, 0.4) is 0 Å². The minimum atomic E-state index is -1.04.